The van der Waals surface area contributed by atoms with Crippen LogP contribution >= 0.6 is 0 Å². The molecule has 2 aliphatic rings. The predicted molar refractivity (Wildman–Crippen MR) is 222 cm³/mol. The topological polar surface area (TPSA) is 365 Å². The van der Waals surface area contributed by atoms with Gasteiger partial charge in [-0.3, -0.25) is 58.2 Å². The van der Waals surface area contributed by atoms with Gasteiger partial charge >= 0.3 is 35.8 Å². The maximum atomic E-state index is 10.9. The van der Waals surface area contributed by atoms with Crippen LogP contribution in [0, 0.1) is 111 Å². The van der Waals surface area contributed by atoms with Crippen LogP contribution in [0.3, 0.4) is 0 Å². The van der Waals surface area contributed by atoms with Gasteiger partial charge in [-0.15, -0.1) is 0 Å². The summed E-state index contributed by atoms with van der Waals surface area (Å²) in [6, 6.07) is -5.74. The molecular weight excluding hydrogens is 1350 g/mol. The predicted octanol–water partition coefficient (Wildman–Crippen LogP) is -3.91. The zero-order valence-electron chi connectivity index (χ0n) is 35.7. The van der Waals surface area contributed by atoms with Crippen LogP contribution in [-0.4, -0.2) is 281 Å². The number of carboxylic acid groups (broad SMARTS) is 6. The Morgan fingerprint density at radius 3 is 0.462 bits per heavy atom. The number of likely N-dealkylation sites (N-methyl/N-ethyl adjacent to an activating group) is 6. The molecule has 0 unspecified atom stereocenters. The average molecular weight is 1430 g/mol. The summed E-state index contributed by atoms with van der Waals surface area (Å²) in [5.74, 6) is -6.29. The van der Waals surface area contributed by atoms with Gasteiger partial charge in [0.15, 0.2) is 0 Å². The van der Waals surface area contributed by atoms with Crippen molar-refractivity contribution in [2.75, 3.05) is 81.6 Å². The maximum absolute atomic E-state index is 10.9. The quantitative estimate of drug-likeness (QED) is 0.0439. The van der Waals surface area contributed by atoms with Crippen LogP contribution in [0.4, 0.5) is 0 Å². The third kappa shape index (κ3) is 23.7. The van der Waals surface area contributed by atoms with Gasteiger partial charge in [0.05, 0.1) is 111 Å². The van der Waals surface area contributed by atoms with Crippen molar-refractivity contribution < 1.29 is 201 Å². The molecule has 0 amide bonds. The fourth-order valence-electron chi connectivity index (χ4n) is 8.08. The van der Waals surface area contributed by atoms with Crippen molar-refractivity contribution in [3.8, 4) is 0 Å². The van der Waals surface area contributed by atoms with E-state index in [9.17, 15) is 59.4 Å². The first kappa shape index (κ1) is 74.0. The number of aliphatic carboxylic acids is 6. The standard InChI is InChI=1S/2C18H33N3O9.2CH4.3Lu/c2*1-19(7-4-10(22)23)13-16(28)14(20(2)8-5-11(24)25)18(30)15(17(13)29)21(3)9-6-12(26)27;;;;;/h2*13-18,28-30H,4-9H2,1-3H3,(H,22,23)(H,24,25)(H,26,27);2*1H4;;;. The van der Waals surface area contributed by atoms with Gasteiger partial charge in [0.2, 0.25) is 0 Å². The van der Waals surface area contributed by atoms with Crippen molar-refractivity contribution in [2.45, 2.75) is 126 Å². The second-order valence-electron chi connectivity index (χ2n) is 15.6. The van der Waals surface area contributed by atoms with Gasteiger partial charge in [-0.25, -0.2) is 0 Å². The largest absolute Gasteiger partial charge is 0.481 e. The summed E-state index contributed by atoms with van der Waals surface area (Å²) in [5, 5.41) is 119. The van der Waals surface area contributed by atoms with Crippen LogP contribution in [0.2, 0.25) is 0 Å². The van der Waals surface area contributed by atoms with Gasteiger partial charge in [-0.1, -0.05) is 14.9 Å². The van der Waals surface area contributed by atoms with Gasteiger partial charge in [0, 0.05) is 150 Å². The minimum Gasteiger partial charge on any atom is -0.481 e. The second kappa shape index (κ2) is 36.0. The third-order valence-corrected chi connectivity index (χ3v) is 11.3. The van der Waals surface area contributed by atoms with Gasteiger partial charge < -0.3 is 61.3 Å². The number of carbonyl (C=O) groups is 6. The van der Waals surface area contributed by atoms with Crippen molar-refractivity contribution in [3.63, 3.8) is 0 Å². The minimum absolute atomic E-state index is 0. The van der Waals surface area contributed by atoms with Gasteiger partial charge in [-0.2, -0.15) is 0 Å². The fraction of sp³-hybridized carbons (Fsp3) is 0.842. The molecule has 0 heterocycles. The Morgan fingerprint density at radius 2 is 0.385 bits per heavy atom. The molecule has 2 rings (SSSR count). The Bertz CT molecular complexity index is 1150. The van der Waals surface area contributed by atoms with Crippen molar-refractivity contribution >= 4 is 35.8 Å². The number of rotatable bonds is 24. The van der Waals surface area contributed by atoms with Crippen molar-refractivity contribution in [3.05, 3.63) is 0 Å². The number of nitrogens with zero attached hydrogens (tertiary/aromatic N) is 6. The molecule has 65 heavy (non-hydrogen) atoms. The van der Waals surface area contributed by atoms with E-state index in [1.165, 1.54) is 29.4 Å². The molecular formula is C38H74Lu3N6O18. The maximum Gasteiger partial charge on any atom is 0.304 e. The summed E-state index contributed by atoms with van der Waals surface area (Å²) in [6.45, 7) is 0.175. The van der Waals surface area contributed by atoms with Crippen LogP contribution in [0.5, 0.6) is 0 Å². The van der Waals surface area contributed by atoms with E-state index >= 15 is 0 Å². The first-order valence-corrected chi connectivity index (χ1v) is 19.4. The van der Waals surface area contributed by atoms with Crippen LogP contribution in [0.25, 0.3) is 0 Å². The first-order valence-electron chi connectivity index (χ1n) is 19.4. The summed E-state index contributed by atoms with van der Waals surface area (Å²) >= 11 is 0. The van der Waals surface area contributed by atoms with Crippen molar-refractivity contribution in [1.82, 2.24) is 29.4 Å². The molecule has 2 saturated carbocycles. The second-order valence-corrected chi connectivity index (χ2v) is 15.6. The Hall–Kier alpha value is 0.0413. The summed E-state index contributed by atoms with van der Waals surface area (Å²) in [6.07, 6.45) is -9.22. The Kier molecular flexibility index (Phi) is 41.0. The van der Waals surface area contributed by atoms with E-state index in [4.69, 9.17) is 30.6 Å². The molecule has 0 aromatic heterocycles. The molecule has 0 saturated heterocycles. The van der Waals surface area contributed by atoms with Crippen LogP contribution < -0.4 is 0 Å². The SMILES string of the molecule is C.C.CN(CCC(=O)O)C1C(O)C(N(C)CCC(=O)O)C(O)C(N(C)CCC(=O)O)C1O.CN(CCC(=O)O)C1C(O)C(N(C)CCC(=O)O)C(O)C(N(C)CCC(=O)O)C1O.[Lu].[Lu].[Lu]. The smallest absolute Gasteiger partial charge is 0.304 e. The van der Waals surface area contributed by atoms with Gasteiger partial charge in [0.1, 0.15) is 0 Å². The molecule has 2 fully saturated rings. The van der Waals surface area contributed by atoms with Crippen LogP contribution in [0.1, 0.15) is 53.4 Å². The van der Waals surface area contributed by atoms with Crippen molar-refractivity contribution in [2.24, 2.45) is 0 Å². The normalized spacial score (nSPS) is 27.2. The monoisotopic (exact) mass is 1430 g/mol. The molecule has 3 radical (unpaired) electrons. The van der Waals surface area contributed by atoms with Gasteiger partial charge in [0.25, 0.3) is 0 Å². The molecule has 24 nitrogen and oxygen atoms in total. The number of hydrogen-bond acceptors (Lipinski definition) is 18. The number of hydrogen-bond donors (Lipinski definition) is 12. The molecule has 12 N–H and O–H groups in total. The van der Waals surface area contributed by atoms with Crippen LogP contribution in [0.15, 0.2) is 0 Å². The van der Waals surface area contributed by atoms with E-state index in [1.807, 2.05) is 0 Å². The molecule has 0 atom stereocenters. The molecule has 0 spiro atoms. The average Bonchev–Trinajstić information content (AvgIpc) is 3.12. The zero-order valence-corrected chi connectivity index (χ0v) is 40.7. The molecule has 0 bridgehead atoms. The van der Waals surface area contributed by atoms with E-state index in [2.05, 4.69) is 0 Å². The van der Waals surface area contributed by atoms with Gasteiger partial charge in [-0.05, 0) is 42.3 Å². The van der Waals surface area contributed by atoms with Crippen molar-refractivity contribution in [1.29, 1.82) is 0 Å². The third-order valence-electron chi connectivity index (χ3n) is 11.3. The molecule has 0 aromatic carbocycles. The fourth-order valence-corrected chi connectivity index (χ4v) is 8.08. The van der Waals surface area contributed by atoms with E-state index in [-0.39, 0.29) is 203 Å². The molecule has 27 heteroatoms. The number of aliphatic hydroxyl groups is 6. The Balaban J connectivity index is -0.000000343. The molecule has 409 valence electrons. The zero-order chi connectivity index (χ0) is 46.3. The summed E-state index contributed by atoms with van der Waals surface area (Å²) in [5.41, 5.74) is 0. The Labute approximate surface area is 468 Å². The number of aliphatic hydroxyl groups excluding tert-OH is 6. The van der Waals surface area contributed by atoms with E-state index in [0.29, 0.717) is 0 Å². The van der Waals surface area contributed by atoms with E-state index < -0.39 is 109 Å². The molecule has 0 aliphatic heterocycles. The van der Waals surface area contributed by atoms with E-state index in [0.717, 1.165) is 0 Å². The minimum atomic E-state index is -1.31. The summed E-state index contributed by atoms with van der Waals surface area (Å²) in [4.78, 5) is 74.5. The first-order chi connectivity index (χ1) is 27.8. The Morgan fingerprint density at radius 1 is 0.292 bits per heavy atom. The van der Waals surface area contributed by atoms with E-state index in [1.54, 1.807) is 42.3 Å². The molecule has 2 aliphatic carbocycles. The summed E-state index contributed by atoms with van der Waals surface area (Å²) < 4.78 is 0. The molecule has 0 aromatic rings. The summed E-state index contributed by atoms with van der Waals surface area (Å²) in [7, 11) is 9.25. The number of carboxylic acids is 6. The van der Waals surface area contributed by atoms with Crippen LogP contribution in [-0.2, 0) is 28.8 Å².